The van der Waals surface area contributed by atoms with Gasteiger partial charge in [-0.3, -0.25) is 4.57 Å². The lowest BCUT2D eigenvalue weighted by molar-refractivity contribution is 0.0360. The summed E-state index contributed by atoms with van der Waals surface area (Å²) < 4.78 is 2.16. The largest absolute Gasteiger partial charge is 0.385 e. The molecule has 0 radical (unpaired) electrons. The van der Waals surface area contributed by atoms with Crippen LogP contribution in [0.25, 0.3) is 0 Å². The summed E-state index contributed by atoms with van der Waals surface area (Å²) >= 11 is 0. The molecule has 0 saturated heterocycles. The smallest absolute Gasteiger partial charge is 0.227 e. The maximum Gasteiger partial charge on any atom is 0.227 e. The van der Waals surface area contributed by atoms with Crippen molar-refractivity contribution >= 4 is 5.95 Å². The van der Waals surface area contributed by atoms with Crippen molar-refractivity contribution in [3.05, 3.63) is 76.6 Å². The first-order valence-electron chi connectivity index (χ1n) is 9.72. The van der Waals surface area contributed by atoms with Crippen molar-refractivity contribution in [2.45, 2.75) is 51.4 Å². The predicted octanol–water partition coefficient (Wildman–Crippen LogP) is 3.19. The van der Waals surface area contributed by atoms with Gasteiger partial charge in [-0.25, -0.2) is 0 Å². The molecule has 1 aliphatic carbocycles. The molecule has 0 amide bonds. The second kappa shape index (κ2) is 6.20. The number of aliphatic hydroxyl groups is 1. The molecule has 0 saturated carbocycles. The molecule has 2 aliphatic rings. The van der Waals surface area contributed by atoms with Gasteiger partial charge in [0.05, 0.1) is 5.60 Å². The zero-order valence-corrected chi connectivity index (χ0v) is 15.6. The summed E-state index contributed by atoms with van der Waals surface area (Å²) in [5.74, 6) is 1.77. The third-order valence-electron chi connectivity index (χ3n) is 6.02. The molecule has 138 valence electrons. The number of hydrogen-bond donors (Lipinski definition) is 1. The molecule has 0 bridgehead atoms. The lowest BCUT2D eigenvalue weighted by Crippen LogP contribution is -2.28. The zero-order chi connectivity index (χ0) is 18.4. The van der Waals surface area contributed by atoms with E-state index in [4.69, 9.17) is 0 Å². The van der Waals surface area contributed by atoms with Crippen LogP contribution in [0.5, 0.6) is 0 Å². The van der Waals surface area contributed by atoms with E-state index in [9.17, 15) is 5.11 Å². The molecule has 27 heavy (non-hydrogen) atoms. The van der Waals surface area contributed by atoms with Crippen molar-refractivity contribution < 1.29 is 5.11 Å². The van der Waals surface area contributed by atoms with Crippen molar-refractivity contribution in [1.29, 1.82) is 0 Å². The van der Waals surface area contributed by atoms with Gasteiger partial charge in [0.15, 0.2) is 0 Å². The van der Waals surface area contributed by atoms with Gasteiger partial charge < -0.3 is 10.0 Å². The fourth-order valence-electron chi connectivity index (χ4n) is 4.60. The lowest BCUT2D eigenvalue weighted by Gasteiger charge is -2.24. The van der Waals surface area contributed by atoms with Crippen molar-refractivity contribution in [2.24, 2.45) is 0 Å². The van der Waals surface area contributed by atoms with Crippen LogP contribution in [-0.2, 0) is 38.1 Å². The summed E-state index contributed by atoms with van der Waals surface area (Å²) in [5.41, 5.74) is 4.16. The molecule has 5 heteroatoms. The average Bonchev–Trinajstić information content (AvgIpc) is 3.37. The van der Waals surface area contributed by atoms with E-state index < -0.39 is 5.60 Å². The SMILES string of the molecule is CCn1c(CC2(O)CCc3ccccc32)nnc1N1Cc2ccccc2C1. The lowest BCUT2D eigenvalue weighted by atomic mass is 9.92. The first-order valence-corrected chi connectivity index (χ1v) is 9.72. The van der Waals surface area contributed by atoms with E-state index in [0.29, 0.717) is 6.42 Å². The molecular formula is C22H24N4O. The Morgan fingerprint density at radius 3 is 2.33 bits per heavy atom. The van der Waals surface area contributed by atoms with Crippen molar-refractivity contribution in [3.8, 4) is 0 Å². The van der Waals surface area contributed by atoms with Crippen molar-refractivity contribution in [3.63, 3.8) is 0 Å². The fraction of sp³-hybridized carbons (Fsp3) is 0.364. The van der Waals surface area contributed by atoms with Gasteiger partial charge in [-0.05, 0) is 42.0 Å². The van der Waals surface area contributed by atoms with Crippen LogP contribution in [0, 0.1) is 0 Å². The molecule has 5 nitrogen and oxygen atoms in total. The molecule has 1 N–H and O–H groups in total. The van der Waals surface area contributed by atoms with Gasteiger partial charge >= 0.3 is 0 Å². The number of rotatable bonds is 4. The highest BCUT2D eigenvalue weighted by Crippen LogP contribution is 2.39. The summed E-state index contributed by atoms with van der Waals surface area (Å²) in [6.07, 6.45) is 2.17. The van der Waals surface area contributed by atoms with E-state index >= 15 is 0 Å². The second-order valence-electron chi connectivity index (χ2n) is 7.65. The monoisotopic (exact) mass is 360 g/mol. The third-order valence-corrected chi connectivity index (χ3v) is 6.02. The van der Waals surface area contributed by atoms with Crippen LogP contribution >= 0.6 is 0 Å². The van der Waals surface area contributed by atoms with E-state index in [1.165, 1.54) is 16.7 Å². The van der Waals surface area contributed by atoms with Gasteiger partial charge in [-0.2, -0.15) is 0 Å². The number of anilines is 1. The van der Waals surface area contributed by atoms with Gasteiger partial charge in [0, 0.05) is 26.1 Å². The normalized spacial score (nSPS) is 20.7. The van der Waals surface area contributed by atoms with Crippen LogP contribution in [-0.4, -0.2) is 19.9 Å². The van der Waals surface area contributed by atoms with Crippen LogP contribution in [0.3, 0.4) is 0 Å². The molecule has 2 heterocycles. The highest BCUT2D eigenvalue weighted by atomic mass is 16.3. The molecule has 1 unspecified atom stereocenters. The molecular weight excluding hydrogens is 336 g/mol. The Morgan fingerprint density at radius 2 is 1.63 bits per heavy atom. The maximum absolute atomic E-state index is 11.3. The summed E-state index contributed by atoms with van der Waals surface area (Å²) in [6, 6.07) is 16.8. The Balaban J connectivity index is 1.44. The zero-order valence-electron chi connectivity index (χ0n) is 15.6. The molecule has 2 aromatic carbocycles. The van der Waals surface area contributed by atoms with Crippen LogP contribution in [0.1, 0.15) is 41.4 Å². The summed E-state index contributed by atoms with van der Waals surface area (Å²) in [4.78, 5) is 2.28. The van der Waals surface area contributed by atoms with E-state index in [1.807, 2.05) is 18.2 Å². The molecule has 0 spiro atoms. The third kappa shape index (κ3) is 2.65. The van der Waals surface area contributed by atoms with E-state index in [1.54, 1.807) is 0 Å². The van der Waals surface area contributed by atoms with E-state index in [-0.39, 0.29) is 0 Å². The number of hydrogen-bond acceptors (Lipinski definition) is 4. The summed E-state index contributed by atoms with van der Waals surface area (Å²) in [7, 11) is 0. The van der Waals surface area contributed by atoms with Crippen molar-refractivity contribution in [2.75, 3.05) is 4.90 Å². The molecule has 3 aromatic rings. The van der Waals surface area contributed by atoms with Crippen molar-refractivity contribution in [1.82, 2.24) is 14.8 Å². The van der Waals surface area contributed by atoms with Crippen LogP contribution in [0.4, 0.5) is 5.95 Å². The second-order valence-corrected chi connectivity index (χ2v) is 7.65. The first-order chi connectivity index (χ1) is 13.2. The molecule has 1 aromatic heterocycles. The number of aryl methyl sites for hydroxylation is 1. The highest BCUT2D eigenvalue weighted by molar-refractivity contribution is 5.44. The number of aromatic nitrogens is 3. The van der Waals surface area contributed by atoms with E-state index in [2.05, 4.69) is 56.9 Å². The quantitative estimate of drug-likeness (QED) is 0.776. The topological polar surface area (TPSA) is 54.2 Å². The standard InChI is InChI=1S/C22H24N4O/c1-2-26-20(13-22(27)12-11-16-7-5-6-10-19(16)22)23-24-21(26)25-14-17-8-3-4-9-18(17)15-25/h3-10,27H,2,11-15H2,1H3. The number of benzene rings is 2. The summed E-state index contributed by atoms with van der Waals surface area (Å²) in [5, 5.41) is 20.3. The Bertz CT molecular complexity index is 970. The van der Waals surface area contributed by atoms with Gasteiger partial charge in [0.25, 0.3) is 0 Å². The highest BCUT2D eigenvalue weighted by Gasteiger charge is 2.38. The van der Waals surface area contributed by atoms with Gasteiger partial charge in [-0.1, -0.05) is 48.5 Å². The van der Waals surface area contributed by atoms with Gasteiger partial charge in [0.2, 0.25) is 5.95 Å². The molecule has 1 aliphatic heterocycles. The predicted molar refractivity (Wildman–Crippen MR) is 104 cm³/mol. The Morgan fingerprint density at radius 1 is 0.963 bits per heavy atom. The first kappa shape index (κ1) is 16.5. The summed E-state index contributed by atoms with van der Waals surface area (Å²) in [6.45, 7) is 4.64. The molecule has 5 rings (SSSR count). The molecule has 1 atom stereocenters. The van der Waals surface area contributed by atoms with Crippen LogP contribution in [0.2, 0.25) is 0 Å². The number of fused-ring (bicyclic) bond motifs is 2. The van der Waals surface area contributed by atoms with Crippen LogP contribution in [0.15, 0.2) is 48.5 Å². The van der Waals surface area contributed by atoms with E-state index in [0.717, 1.165) is 49.8 Å². The Labute approximate surface area is 159 Å². The Kier molecular flexibility index (Phi) is 3.79. The van der Waals surface area contributed by atoms with Crippen LogP contribution < -0.4 is 4.90 Å². The maximum atomic E-state index is 11.3. The van der Waals surface area contributed by atoms with Gasteiger partial charge in [-0.15, -0.1) is 10.2 Å². The Hall–Kier alpha value is -2.66. The van der Waals surface area contributed by atoms with Gasteiger partial charge in [0.1, 0.15) is 5.82 Å². The number of nitrogens with zero attached hydrogens (tertiary/aromatic N) is 4. The fourth-order valence-corrected chi connectivity index (χ4v) is 4.60. The minimum Gasteiger partial charge on any atom is -0.385 e. The minimum atomic E-state index is -0.845. The average molecular weight is 360 g/mol. The molecule has 0 fully saturated rings. The minimum absolute atomic E-state index is 0.506.